The van der Waals surface area contributed by atoms with Gasteiger partial charge in [0.05, 0.1) is 0 Å². The van der Waals surface area contributed by atoms with Gasteiger partial charge in [0.15, 0.2) is 11.5 Å². The Hall–Kier alpha value is -2.30. The zero-order valence-corrected chi connectivity index (χ0v) is 9.92. The normalized spacial score (nSPS) is 10.3. The van der Waals surface area contributed by atoms with Crippen molar-refractivity contribution in [3.05, 3.63) is 41.8 Å². The molecule has 1 heterocycles. The minimum absolute atomic E-state index is 0.0724. The van der Waals surface area contributed by atoms with Gasteiger partial charge in [-0.3, -0.25) is 4.79 Å². The molecule has 0 radical (unpaired) electrons. The molecule has 0 aliphatic carbocycles. The lowest BCUT2D eigenvalue weighted by Gasteiger charge is -2.08. The summed E-state index contributed by atoms with van der Waals surface area (Å²) in [4.78, 5) is 10.6. The number of para-hydroxylation sites is 1. The van der Waals surface area contributed by atoms with E-state index in [-0.39, 0.29) is 6.42 Å². The number of carboxylic acids is 1. The predicted molar refractivity (Wildman–Crippen MR) is 63.7 cm³/mol. The summed E-state index contributed by atoms with van der Waals surface area (Å²) in [5.41, 5.74) is 0.848. The Labute approximate surface area is 104 Å². The maximum Gasteiger partial charge on any atom is 0.303 e. The number of carboxylic acid groups (broad SMARTS) is 1. The Morgan fingerprint density at radius 3 is 2.83 bits per heavy atom. The maximum absolute atomic E-state index is 10.6. The third-order valence-electron chi connectivity index (χ3n) is 2.51. The molecule has 2 rings (SSSR count). The molecule has 0 aliphatic rings. The summed E-state index contributed by atoms with van der Waals surface area (Å²) in [5.74, 6) is 0.928. The lowest BCUT2D eigenvalue weighted by atomic mass is 10.1. The average Bonchev–Trinajstić information content (AvgIpc) is 2.74. The van der Waals surface area contributed by atoms with E-state index in [0.29, 0.717) is 23.7 Å². The number of rotatable bonds is 5. The number of aromatic nitrogens is 1. The predicted octanol–water partition coefficient (Wildman–Crippen LogP) is 2.79. The molecule has 1 N–H and O–H groups in total. The Balaban J connectivity index is 2.17. The van der Waals surface area contributed by atoms with Crippen LogP contribution in [0.1, 0.15) is 17.7 Å². The van der Waals surface area contributed by atoms with Crippen molar-refractivity contribution in [2.45, 2.75) is 19.8 Å². The first-order valence-corrected chi connectivity index (χ1v) is 5.55. The molecule has 5 nitrogen and oxygen atoms in total. The Kier molecular flexibility index (Phi) is 3.62. The van der Waals surface area contributed by atoms with Crippen LogP contribution in [0, 0.1) is 6.92 Å². The third-order valence-corrected chi connectivity index (χ3v) is 2.51. The van der Waals surface area contributed by atoms with Crippen LogP contribution in [0.2, 0.25) is 0 Å². The molecule has 5 heteroatoms. The maximum atomic E-state index is 10.6. The molecule has 1 aromatic heterocycles. The number of benzene rings is 1. The number of aryl methyl sites for hydroxylation is 2. The van der Waals surface area contributed by atoms with E-state index in [9.17, 15) is 4.79 Å². The fraction of sp³-hybridized carbons (Fsp3) is 0.231. The first-order chi connectivity index (χ1) is 8.66. The molecule has 0 fully saturated rings. The number of hydrogen-bond donors (Lipinski definition) is 1. The Morgan fingerprint density at radius 1 is 1.39 bits per heavy atom. The van der Waals surface area contributed by atoms with Gasteiger partial charge in [-0.25, -0.2) is 0 Å². The lowest BCUT2D eigenvalue weighted by Crippen LogP contribution is -1.99. The number of hydrogen-bond acceptors (Lipinski definition) is 4. The lowest BCUT2D eigenvalue weighted by molar-refractivity contribution is -0.136. The molecule has 94 valence electrons. The van der Waals surface area contributed by atoms with Gasteiger partial charge in [-0.05, 0) is 18.1 Å². The summed E-state index contributed by atoms with van der Waals surface area (Å²) in [5, 5.41) is 12.3. The van der Waals surface area contributed by atoms with Crippen LogP contribution in [0.25, 0.3) is 0 Å². The molecule has 0 aliphatic heterocycles. The van der Waals surface area contributed by atoms with E-state index < -0.39 is 5.97 Å². The summed E-state index contributed by atoms with van der Waals surface area (Å²) in [7, 11) is 0. The van der Waals surface area contributed by atoms with Gasteiger partial charge < -0.3 is 14.4 Å². The van der Waals surface area contributed by atoms with Crippen LogP contribution >= 0.6 is 0 Å². The van der Waals surface area contributed by atoms with Gasteiger partial charge in [-0.15, -0.1) is 0 Å². The van der Waals surface area contributed by atoms with Crippen LogP contribution in [-0.4, -0.2) is 16.2 Å². The molecule has 18 heavy (non-hydrogen) atoms. The molecular weight excluding hydrogens is 234 g/mol. The number of ether oxygens (including phenoxy) is 1. The van der Waals surface area contributed by atoms with Gasteiger partial charge in [0.2, 0.25) is 0 Å². The third kappa shape index (κ3) is 2.88. The van der Waals surface area contributed by atoms with Crippen molar-refractivity contribution in [3.8, 4) is 11.5 Å². The van der Waals surface area contributed by atoms with Crippen molar-refractivity contribution in [2.24, 2.45) is 0 Å². The van der Waals surface area contributed by atoms with Gasteiger partial charge in [0.1, 0.15) is 11.9 Å². The second-order valence-electron chi connectivity index (χ2n) is 3.85. The quantitative estimate of drug-likeness (QED) is 0.879. The van der Waals surface area contributed by atoms with E-state index in [0.717, 1.165) is 5.56 Å². The topological polar surface area (TPSA) is 72.6 Å². The minimum atomic E-state index is -0.828. The van der Waals surface area contributed by atoms with Crippen molar-refractivity contribution in [1.82, 2.24) is 5.16 Å². The first kappa shape index (κ1) is 12.2. The van der Waals surface area contributed by atoms with E-state index in [4.69, 9.17) is 14.4 Å². The van der Waals surface area contributed by atoms with E-state index in [2.05, 4.69) is 5.16 Å². The van der Waals surface area contributed by atoms with Gasteiger partial charge in [-0.1, -0.05) is 23.4 Å². The summed E-state index contributed by atoms with van der Waals surface area (Å²) < 4.78 is 10.6. The highest BCUT2D eigenvalue weighted by atomic mass is 16.5. The molecule has 0 unspecified atom stereocenters. The van der Waals surface area contributed by atoms with Crippen molar-refractivity contribution in [3.63, 3.8) is 0 Å². The zero-order valence-electron chi connectivity index (χ0n) is 9.92. The van der Waals surface area contributed by atoms with Crippen LogP contribution in [0.4, 0.5) is 0 Å². The Morgan fingerprint density at radius 2 is 2.17 bits per heavy atom. The summed E-state index contributed by atoms with van der Waals surface area (Å²) in [6.07, 6.45) is 1.99. The minimum Gasteiger partial charge on any atom is -0.481 e. The molecule has 1 aromatic carbocycles. The Bertz CT molecular complexity index is 547. The standard InChI is InChI=1S/C13H13NO4/c1-9-12(8-14-18-9)17-11-5-3-2-4-10(11)6-7-13(15)16/h2-5,8H,6-7H2,1H3,(H,15,16). The molecule has 0 amide bonds. The number of carbonyl (C=O) groups is 1. The SMILES string of the molecule is Cc1oncc1Oc1ccccc1CCC(=O)O. The smallest absolute Gasteiger partial charge is 0.303 e. The molecule has 0 bridgehead atoms. The second-order valence-corrected chi connectivity index (χ2v) is 3.85. The fourth-order valence-electron chi connectivity index (χ4n) is 1.56. The first-order valence-electron chi connectivity index (χ1n) is 5.55. The van der Waals surface area contributed by atoms with E-state index in [1.54, 1.807) is 13.0 Å². The van der Waals surface area contributed by atoms with Crippen LogP contribution < -0.4 is 4.74 Å². The summed E-state index contributed by atoms with van der Waals surface area (Å²) in [6, 6.07) is 7.33. The van der Waals surface area contributed by atoms with Crippen molar-refractivity contribution >= 4 is 5.97 Å². The second kappa shape index (κ2) is 5.35. The highest BCUT2D eigenvalue weighted by Gasteiger charge is 2.10. The highest BCUT2D eigenvalue weighted by Crippen LogP contribution is 2.28. The van der Waals surface area contributed by atoms with Gasteiger partial charge >= 0.3 is 5.97 Å². The average molecular weight is 247 g/mol. The fourth-order valence-corrected chi connectivity index (χ4v) is 1.56. The van der Waals surface area contributed by atoms with Gasteiger partial charge in [0.25, 0.3) is 0 Å². The molecular formula is C13H13NO4. The van der Waals surface area contributed by atoms with E-state index in [1.165, 1.54) is 6.20 Å². The molecule has 0 saturated heterocycles. The number of aliphatic carboxylic acids is 1. The van der Waals surface area contributed by atoms with E-state index in [1.807, 2.05) is 18.2 Å². The van der Waals surface area contributed by atoms with Crippen LogP contribution in [0.3, 0.4) is 0 Å². The zero-order chi connectivity index (χ0) is 13.0. The van der Waals surface area contributed by atoms with Crippen LogP contribution in [0.15, 0.2) is 35.0 Å². The molecule has 0 saturated carbocycles. The van der Waals surface area contributed by atoms with Crippen molar-refractivity contribution in [2.75, 3.05) is 0 Å². The number of nitrogens with zero attached hydrogens (tertiary/aromatic N) is 1. The monoisotopic (exact) mass is 247 g/mol. The van der Waals surface area contributed by atoms with Crippen LogP contribution in [0.5, 0.6) is 11.5 Å². The van der Waals surface area contributed by atoms with Crippen molar-refractivity contribution in [1.29, 1.82) is 0 Å². The van der Waals surface area contributed by atoms with E-state index >= 15 is 0 Å². The molecule has 0 atom stereocenters. The van der Waals surface area contributed by atoms with Crippen LogP contribution in [-0.2, 0) is 11.2 Å². The van der Waals surface area contributed by atoms with Gasteiger partial charge in [-0.2, -0.15) is 0 Å². The summed E-state index contributed by atoms with van der Waals surface area (Å²) >= 11 is 0. The highest BCUT2D eigenvalue weighted by molar-refractivity contribution is 5.67. The van der Waals surface area contributed by atoms with Crippen molar-refractivity contribution < 1.29 is 19.2 Å². The molecule has 0 spiro atoms. The molecule has 2 aromatic rings. The summed E-state index contributed by atoms with van der Waals surface area (Å²) in [6.45, 7) is 1.75. The van der Waals surface area contributed by atoms with Gasteiger partial charge in [0, 0.05) is 13.3 Å². The largest absolute Gasteiger partial charge is 0.481 e.